The zero-order valence-corrected chi connectivity index (χ0v) is 12.3. The normalized spacial score (nSPS) is 21.4. The van der Waals surface area contributed by atoms with Crippen molar-refractivity contribution in [2.75, 3.05) is 11.5 Å². The minimum absolute atomic E-state index is 0.131. The molecule has 1 aliphatic carbocycles. The maximum atomic E-state index is 11.0. The topological polar surface area (TPSA) is 46.5 Å². The fraction of sp³-hybridized carbons (Fsp3) is 0.562. The minimum atomic E-state index is -0.710. The summed E-state index contributed by atoms with van der Waals surface area (Å²) in [6.07, 6.45) is 4.72. The summed E-state index contributed by atoms with van der Waals surface area (Å²) >= 11 is 1.99. The first kappa shape index (κ1) is 13.8. The molecule has 1 saturated carbocycles. The Kier molecular flexibility index (Phi) is 3.92. The highest BCUT2D eigenvalue weighted by atomic mass is 32.2. The molecule has 3 nitrogen and oxygen atoms in total. The first-order valence-electron chi connectivity index (χ1n) is 7.25. The van der Waals surface area contributed by atoms with Crippen LogP contribution in [0.2, 0.25) is 0 Å². The van der Waals surface area contributed by atoms with Crippen LogP contribution in [-0.2, 0) is 10.2 Å². The van der Waals surface area contributed by atoms with Gasteiger partial charge in [-0.2, -0.15) is 11.8 Å². The molecule has 1 aromatic carbocycles. The number of thioether (sulfide) groups is 1. The zero-order valence-electron chi connectivity index (χ0n) is 11.5. The second-order valence-corrected chi connectivity index (χ2v) is 7.03. The van der Waals surface area contributed by atoms with Crippen LogP contribution in [0.4, 0.5) is 0 Å². The van der Waals surface area contributed by atoms with Crippen LogP contribution >= 0.6 is 11.8 Å². The molecule has 4 heteroatoms. The average Bonchev–Trinajstić information content (AvgIpc) is 3.20. The predicted molar refractivity (Wildman–Crippen MR) is 80.6 cm³/mol. The van der Waals surface area contributed by atoms with Gasteiger partial charge in [0.25, 0.3) is 0 Å². The van der Waals surface area contributed by atoms with Gasteiger partial charge in [-0.1, -0.05) is 12.1 Å². The Morgan fingerprint density at radius 3 is 2.75 bits per heavy atom. The summed E-state index contributed by atoms with van der Waals surface area (Å²) in [5.41, 5.74) is 0.996. The molecule has 0 unspecified atom stereocenters. The number of carboxylic acid groups (broad SMARTS) is 1. The lowest BCUT2D eigenvalue weighted by atomic mass is 9.92. The Morgan fingerprint density at radius 1 is 1.35 bits per heavy atom. The van der Waals surface area contributed by atoms with Crippen molar-refractivity contribution in [1.82, 2.24) is 0 Å². The number of ether oxygens (including phenoxy) is 1. The van der Waals surface area contributed by atoms with Crippen LogP contribution in [0.5, 0.6) is 5.75 Å². The molecule has 1 heterocycles. The van der Waals surface area contributed by atoms with E-state index in [1.54, 1.807) is 0 Å². The molecular formula is C16H20O3S. The molecule has 20 heavy (non-hydrogen) atoms. The number of carbonyl (C=O) groups is 1. The molecular weight excluding hydrogens is 272 g/mol. The van der Waals surface area contributed by atoms with Gasteiger partial charge < -0.3 is 9.84 Å². The second kappa shape index (κ2) is 5.68. The molecule has 108 valence electrons. The number of carboxylic acids is 1. The van der Waals surface area contributed by atoms with Crippen LogP contribution in [0.15, 0.2) is 24.3 Å². The van der Waals surface area contributed by atoms with Crippen molar-refractivity contribution in [3.05, 3.63) is 29.8 Å². The number of benzene rings is 1. The first-order chi connectivity index (χ1) is 9.68. The van der Waals surface area contributed by atoms with Gasteiger partial charge in [0.2, 0.25) is 0 Å². The fourth-order valence-corrected chi connectivity index (χ4v) is 3.96. The summed E-state index contributed by atoms with van der Waals surface area (Å²) in [6.45, 7) is 0. The van der Waals surface area contributed by atoms with Crippen molar-refractivity contribution in [1.29, 1.82) is 0 Å². The molecule has 0 spiro atoms. The van der Waals surface area contributed by atoms with Gasteiger partial charge in [-0.15, -0.1) is 0 Å². The highest BCUT2D eigenvalue weighted by molar-refractivity contribution is 7.99. The maximum absolute atomic E-state index is 11.0. The lowest BCUT2D eigenvalue weighted by Gasteiger charge is -2.23. The first-order valence-corrected chi connectivity index (χ1v) is 8.40. The van der Waals surface area contributed by atoms with E-state index in [9.17, 15) is 4.79 Å². The number of hydrogen-bond donors (Lipinski definition) is 1. The summed E-state index contributed by atoms with van der Waals surface area (Å²) in [5.74, 6) is 2.54. The van der Waals surface area contributed by atoms with Gasteiger partial charge in [-0.05, 0) is 54.9 Å². The summed E-state index contributed by atoms with van der Waals surface area (Å²) in [7, 11) is 0. The van der Waals surface area contributed by atoms with E-state index in [0.717, 1.165) is 37.0 Å². The quantitative estimate of drug-likeness (QED) is 0.902. The second-order valence-electron chi connectivity index (χ2n) is 5.81. The van der Waals surface area contributed by atoms with E-state index in [-0.39, 0.29) is 11.8 Å². The smallest absolute Gasteiger partial charge is 0.304 e. The van der Waals surface area contributed by atoms with Gasteiger partial charge in [0, 0.05) is 5.41 Å². The summed E-state index contributed by atoms with van der Waals surface area (Å²) in [6, 6.07) is 8.07. The summed E-state index contributed by atoms with van der Waals surface area (Å²) < 4.78 is 6.06. The van der Waals surface area contributed by atoms with Crippen molar-refractivity contribution in [3.63, 3.8) is 0 Å². The molecule has 0 bridgehead atoms. The molecule has 0 atom stereocenters. The number of hydrogen-bond acceptors (Lipinski definition) is 3. The van der Waals surface area contributed by atoms with Crippen molar-refractivity contribution >= 4 is 17.7 Å². The lowest BCUT2D eigenvalue weighted by molar-refractivity contribution is -0.137. The van der Waals surface area contributed by atoms with Crippen LogP contribution < -0.4 is 4.74 Å². The van der Waals surface area contributed by atoms with Crippen LogP contribution in [0.1, 0.15) is 37.7 Å². The van der Waals surface area contributed by atoms with E-state index in [1.807, 2.05) is 30.0 Å². The lowest BCUT2D eigenvalue weighted by Crippen LogP contribution is -2.22. The number of rotatable bonds is 5. The van der Waals surface area contributed by atoms with E-state index in [1.165, 1.54) is 11.5 Å². The van der Waals surface area contributed by atoms with Gasteiger partial charge in [0.05, 0.1) is 6.42 Å². The SMILES string of the molecule is O=C(O)CC1(c2cccc(OC3CCSCC3)c2)CC1. The van der Waals surface area contributed by atoms with E-state index in [4.69, 9.17) is 9.84 Å². The summed E-state index contributed by atoms with van der Waals surface area (Å²) in [4.78, 5) is 11.0. The van der Waals surface area contributed by atoms with Crippen LogP contribution in [-0.4, -0.2) is 28.7 Å². The predicted octanol–water partition coefficient (Wildman–Crippen LogP) is 3.47. The van der Waals surface area contributed by atoms with Gasteiger partial charge >= 0.3 is 5.97 Å². The Balaban J connectivity index is 1.71. The monoisotopic (exact) mass is 292 g/mol. The third kappa shape index (κ3) is 3.11. The highest BCUT2D eigenvalue weighted by Crippen LogP contribution is 2.51. The molecule has 3 rings (SSSR count). The van der Waals surface area contributed by atoms with Gasteiger partial charge in [0.15, 0.2) is 0 Å². The largest absolute Gasteiger partial charge is 0.490 e. The molecule has 1 aliphatic heterocycles. The molecule has 0 radical (unpaired) electrons. The fourth-order valence-electron chi connectivity index (χ4n) is 2.89. The van der Waals surface area contributed by atoms with Gasteiger partial charge in [0.1, 0.15) is 11.9 Å². The Labute approximate surface area is 123 Å². The zero-order chi connectivity index (χ0) is 14.0. The van der Waals surface area contributed by atoms with Gasteiger partial charge in [-0.3, -0.25) is 4.79 Å². The van der Waals surface area contributed by atoms with E-state index < -0.39 is 5.97 Å². The Morgan fingerprint density at radius 2 is 2.10 bits per heavy atom. The Bertz CT molecular complexity index is 490. The van der Waals surface area contributed by atoms with Crippen molar-refractivity contribution in [2.45, 2.75) is 43.6 Å². The standard InChI is InChI=1S/C16H20O3S/c17-15(18)11-16(6-7-16)12-2-1-3-14(10-12)19-13-4-8-20-9-5-13/h1-3,10,13H,4-9,11H2,(H,17,18). The van der Waals surface area contributed by atoms with Crippen molar-refractivity contribution in [2.24, 2.45) is 0 Å². The number of aliphatic carboxylic acids is 1. The average molecular weight is 292 g/mol. The summed E-state index contributed by atoms with van der Waals surface area (Å²) in [5, 5.41) is 9.05. The van der Waals surface area contributed by atoms with Crippen LogP contribution in [0.25, 0.3) is 0 Å². The van der Waals surface area contributed by atoms with E-state index >= 15 is 0 Å². The molecule has 0 amide bonds. The molecule has 0 aromatic heterocycles. The van der Waals surface area contributed by atoms with Gasteiger partial charge in [-0.25, -0.2) is 0 Å². The Hall–Kier alpha value is -1.16. The molecule has 2 aliphatic rings. The third-order valence-electron chi connectivity index (χ3n) is 4.26. The molecule has 1 saturated heterocycles. The maximum Gasteiger partial charge on any atom is 0.304 e. The third-order valence-corrected chi connectivity index (χ3v) is 5.31. The van der Waals surface area contributed by atoms with Crippen LogP contribution in [0, 0.1) is 0 Å². The van der Waals surface area contributed by atoms with Crippen molar-refractivity contribution in [3.8, 4) is 5.75 Å². The molecule has 1 N–H and O–H groups in total. The molecule has 2 fully saturated rings. The minimum Gasteiger partial charge on any atom is -0.490 e. The van der Waals surface area contributed by atoms with Crippen molar-refractivity contribution < 1.29 is 14.6 Å². The highest BCUT2D eigenvalue weighted by Gasteiger charge is 2.46. The van der Waals surface area contributed by atoms with E-state index in [2.05, 4.69) is 6.07 Å². The van der Waals surface area contributed by atoms with E-state index in [0.29, 0.717) is 6.10 Å². The molecule has 1 aromatic rings. The van der Waals surface area contributed by atoms with Crippen LogP contribution in [0.3, 0.4) is 0 Å².